The first-order valence-electron chi connectivity index (χ1n) is 6.01. The Balaban J connectivity index is 2.71. The van der Waals surface area contributed by atoms with Gasteiger partial charge in [0, 0.05) is 15.4 Å². The molecule has 0 spiro atoms. The van der Waals surface area contributed by atoms with Gasteiger partial charge in [0.2, 0.25) is 0 Å². The van der Waals surface area contributed by atoms with Crippen LogP contribution >= 0.6 is 43.2 Å². The topological polar surface area (TPSA) is 12.0 Å². The van der Waals surface area contributed by atoms with Crippen LogP contribution in [0.4, 0.5) is 0 Å². The van der Waals surface area contributed by atoms with E-state index in [0.29, 0.717) is 11.5 Å². The SMILES string of the molecule is CCNC(CCC(C)(C)C)c1cc(Br)c(Br)s1. The lowest BCUT2D eigenvalue weighted by Crippen LogP contribution is -2.21. The summed E-state index contributed by atoms with van der Waals surface area (Å²) in [5.41, 5.74) is 0.402. The highest BCUT2D eigenvalue weighted by molar-refractivity contribution is 9.13. The predicted molar refractivity (Wildman–Crippen MR) is 84.8 cm³/mol. The molecule has 0 aliphatic rings. The minimum absolute atomic E-state index is 0.402. The summed E-state index contributed by atoms with van der Waals surface area (Å²) in [7, 11) is 0. The Morgan fingerprint density at radius 3 is 2.41 bits per heavy atom. The highest BCUT2D eigenvalue weighted by Gasteiger charge is 2.18. The molecule has 1 rings (SSSR count). The third kappa shape index (κ3) is 5.41. The van der Waals surface area contributed by atoms with E-state index in [9.17, 15) is 0 Å². The van der Waals surface area contributed by atoms with Crippen LogP contribution in [0.15, 0.2) is 14.3 Å². The van der Waals surface area contributed by atoms with Crippen molar-refractivity contribution in [3.05, 3.63) is 19.2 Å². The molecule has 1 nitrogen and oxygen atoms in total. The molecule has 0 fully saturated rings. The van der Waals surface area contributed by atoms with Crippen molar-refractivity contribution in [3.63, 3.8) is 0 Å². The normalized spacial score (nSPS) is 14.0. The molecule has 0 aliphatic heterocycles. The fourth-order valence-corrected chi connectivity index (χ4v) is 3.90. The van der Waals surface area contributed by atoms with Crippen molar-refractivity contribution in [3.8, 4) is 0 Å². The van der Waals surface area contributed by atoms with E-state index in [2.05, 4.69) is 70.9 Å². The van der Waals surface area contributed by atoms with Gasteiger partial charge >= 0.3 is 0 Å². The molecule has 1 N–H and O–H groups in total. The number of thiophene rings is 1. The summed E-state index contributed by atoms with van der Waals surface area (Å²) in [6.45, 7) is 10.1. The quantitative estimate of drug-likeness (QED) is 0.683. The van der Waals surface area contributed by atoms with E-state index in [1.165, 1.54) is 21.5 Å². The van der Waals surface area contributed by atoms with E-state index >= 15 is 0 Å². The minimum Gasteiger partial charge on any atom is -0.310 e. The zero-order valence-electron chi connectivity index (χ0n) is 10.9. The van der Waals surface area contributed by atoms with Crippen LogP contribution in [-0.4, -0.2) is 6.54 Å². The molecule has 0 saturated heterocycles. The van der Waals surface area contributed by atoms with Crippen molar-refractivity contribution in [2.75, 3.05) is 6.54 Å². The van der Waals surface area contributed by atoms with E-state index < -0.39 is 0 Å². The Morgan fingerprint density at radius 2 is 2.00 bits per heavy atom. The van der Waals surface area contributed by atoms with Crippen molar-refractivity contribution in [2.45, 2.75) is 46.6 Å². The van der Waals surface area contributed by atoms with Crippen molar-refractivity contribution < 1.29 is 0 Å². The van der Waals surface area contributed by atoms with Gasteiger partial charge < -0.3 is 5.32 Å². The van der Waals surface area contributed by atoms with Crippen LogP contribution in [0.2, 0.25) is 0 Å². The molecule has 98 valence electrons. The molecule has 1 atom stereocenters. The molecule has 0 aliphatic carbocycles. The van der Waals surface area contributed by atoms with Gasteiger partial charge in [0.15, 0.2) is 0 Å². The highest BCUT2D eigenvalue weighted by atomic mass is 79.9. The van der Waals surface area contributed by atoms with Crippen molar-refractivity contribution in [1.29, 1.82) is 0 Å². The van der Waals surface area contributed by atoms with Crippen LogP contribution < -0.4 is 5.32 Å². The average molecular weight is 383 g/mol. The molecule has 1 aromatic rings. The average Bonchev–Trinajstić information content (AvgIpc) is 2.52. The van der Waals surface area contributed by atoms with Crippen LogP contribution in [-0.2, 0) is 0 Å². The van der Waals surface area contributed by atoms with Crippen LogP contribution in [0, 0.1) is 5.41 Å². The lowest BCUT2D eigenvalue weighted by atomic mass is 9.88. The second kappa shape index (κ2) is 6.69. The maximum atomic E-state index is 3.58. The van der Waals surface area contributed by atoms with Crippen LogP contribution in [0.1, 0.15) is 51.5 Å². The van der Waals surface area contributed by atoms with Gasteiger partial charge in [-0.25, -0.2) is 0 Å². The smallest absolute Gasteiger partial charge is 0.0843 e. The lowest BCUT2D eigenvalue weighted by Gasteiger charge is -2.23. The highest BCUT2D eigenvalue weighted by Crippen LogP contribution is 2.37. The number of hydrogen-bond donors (Lipinski definition) is 1. The van der Waals surface area contributed by atoms with Crippen LogP contribution in [0.5, 0.6) is 0 Å². The largest absolute Gasteiger partial charge is 0.310 e. The zero-order valence-corrected chi connectivity index (χ0v) is 14.9. The van der Waals surface area contributed by atoms with Crippen molar-refractivity contribution >= 4 is 43.2 Å². The first kappa shape index (κ1) is 15.7. The monoisotopic (exact) mass is 381 g/mol. The fraction of sp³-hybridized carbons (Fsp3) is 0.692. The van der Waals surface area contributed by atoms with E-state index in [1.54, 1.807) is 0 Å². The lowest BCUT2D eigenvalue weighted by molar-refractivity contribution is 0.335. The summed E-state index contributed by atoms with van der Waals surface area (Å²) in [6, 6.07) is 2.71. The molecular weight excluding hydrogens is 362 g/mol. The third-order valence-corrected chi connectivity index (χ3v) is 6.01. The number of halogens is 2. The molecule has 0 aromatic carbocycles. The van der Waals surface area contributed by atoms with Gasteiger partial charge in [0.05, 0.1) is 3.79 Å². The van der Waals surface area contributed by atoms with Crippen LogP contribution in [0.25, 0.3) is 0 Å². The summed E-state index contributed by atoms with van der Waals surface area (Å²) in [5, 5.41) is 3.58. The summed E-state index contributed by atoms with van der Waals surface area (Å²) in [4.78, 5) is 1.41. The molecule has 17 heavy (non-hydrogen) atoms. The summed E-state index contributed by atoms with van der Waals surface area (Å²) in [6.07, 6.45) is 2.43. The fourth-order valence-electron chi connectivity index (χ4n) is 1.70. The molecule has 0 saturated carbocycles. The Hall–Kier alpha value is 0.620. The first-order chi connectivity index (χ1) is 7.83. The second-order valence-electron chi connectivity index (χ2n) is 5.48. The molecule has 0 amide bonds. The molecule has 0 bridgehead atoms. The molecule has 0 radical (unpaired) electrons. The van der Waals surface area contributed by atoms with E-state index in [0.717, 1.165) is 11.0 Å². The van der Waals surface area contributed by atoms with Gasteiger partial charge in [-0.3, -0.25) is 0 Å². The second-order valence-corrected chi connectivity index (χ2v) is 8.74. The first-order valence-corrected chi connectivity index (χ1v) is 8.42. The number of hydrogen-bond acceptors (Lipinski definition) is 2. The zero-order chi connectivity index (χ0) is 13.1. The minimum atomic E-state index is 0.402. The van der Waals surface area contributed by atoms with Gasteiger partial charge in [0.1, 0.15) is 0 Å². The third-order valence-electron chi connectivity index (χ3n) is 2.64. The van der Waals surface area contributed by atoms with Gasteiger partial charge in [-0.1, -0.05) is 27.7 Å². The Morgan fingerprint density at radius 1 is 1.35 bits per heavy atom. The van der Waals surface area contributed by atoms with Gasteiger partial charge in [-0.2, -0.15) is 0 Å². The van der Waals surface area contributed by atoms with Crippen molar-refractivity contribution in [1.82, 2.24) is 5.32 Å². The Kier molecular flexibility index (Phi) is 6.17. The maximum absolute atomic E-state index is 3.58. The Labute approximate surface area is 126 Å². The molecule has 1 aromatic heterocycles. The number of nitrogens with one attached hydrogen (secondary N) is 1. The van der Waals surface area contributed by atoms with Gasteiger partial charge in [0.25, 0.3) is 0 Å². The van der Waals surface area contributed by atoms with E-state index in [4.69, 9.17) is 0 Å². The number of rotatable bonds is 5. The Bertz CT molecular complexity index is 335. The van der Waals surface area contributed by atoms with Gasteiger partial charge in [-0.15, -0.1) is 11.3 Å². The molecule has 1 heterocycles. The summed E-state index contributed by atoms with van der Waals surface area (Å²) < 4.78 is 2.35. The molecule has 1 unspecified atom stereocenters. The molecular formula is C13H21Br2NS. The standard InChI is InChI=1S/C13H21Br2NS/c1-5-16-10(6-7-13(2,3)4)11-8-9(14)12(15)17-11/h8,10,16H,5-7H2,1-4H3. The van der Waals surface area contributed by atoms with E-state index in [1.807, 2.05) is 11.3 Å². The molecule has 4 heteroatoms. The predicted octanol–water partition coefficient (Wildman–Crippen LogP) is 5.75. The van der Waals surface area contributed by atoms with Crippen LogP contribution in [0.3, 0.4) is 0 Å². The van der Waals surface area contributed by atoms with E-state index in [-0.39, 0.29) is 0 Å². The summed E-state index contributed by atoms with van der Waals surface area (Å²) >= 11 is 8.95. The summed E-state index contributed by atoms with van der Waals surface area (Å²) in [5.74, 6) is 0. The maximum Gasteiger partial charge on any atom is 0.0843 e. The van der Waals surface area contributed by atoms with Gasteiger partial charge in [-0.05, 0) is 62.7 Å². The van der Waals surface area contributed by atoms with Crippen molar-refractivity contribution in [2.24, 2.45) is 5.41 Å².